The summed E-state index contributed by atoms with van der Waals surface area (Å²) in [6.45, 7) is 2.93. The highest BCUT2D eigenvalue weighted by Crippen LogP contribution is 2.23. The van der Waals surface area contributed by atoms with Crippen molar-refractivity contribution in [3.63, 3.8) is 0 Å². The van der Waals surface area contributed by atoms with Crippen molar-refractivity contribution in [3.8, 4) is 5.97 Å². The van der Waals surface area contributed by atoms with Crippen LogP contribution in [0.15, 0.2) is 52.4 Å². The minimum Gasteiger partial charge on any atom is -0.425 e. The van der Waals surface area contributed by atoms with Gasteiger partial charge in [-0.2, -0.15) is 4.91 Å². The topological polar surface area (TPSA) is 137 Å². The molecule has 0 unspecified atom stereocenters. The van der Waals surface area contributed by atoms with E-state index < -0.39 is 16.9 Å². The minimum atomic E-state index is -3.44. The highest BCUT2D eigenvalue weighted by atomic mass is 32.2. The third kappa shape index (κ3) is 7.04. The summed E-state index contributed by atoms with van der Waals surface area (Å²) in [6, 6.07) is 11.5. The number of hydrogen-bond donors (Lipinski definition) is 2. The van der Waals surface area contributed by atoms with E-state index in [0.29, 0.717) is 29.6 Å². The molecule has 0 saturated carbocycles. The predicted molar refractivity (Wildman–Crippen MR) is 127 cm³/mol. The molecule has 0 radical (unpaired) electrons. The summed E-state index contributed by atoms with van der Waals surface area (Å²) in [7, 11) is -4.82. The lowest BCUT2D eigenvalue weighted by molar-refractivity contribution is -0.116. The van der Waals surface area contributed by atoms with E-state index >= 15 is 0 Å². The van der Waals surface area contributed by atoms with Gasteiger partial charge in [0.25, 0.3) is 6.71 Å². The van der Waals surface area contributed by atoms with Crippen LogP contribution in [0.2, 0.25) is 6.82 Å². The molecule has 0 bridgehead atoms. The van der Waals surface area contributed by atoms with E-state index in [4.69, 9.17) is 5.26 Å². The van der Waals surface area contributed by atoms with Crippen LogP contribution in [0.3, 0.4) is 0 Å². The molecule has 11 heteroatoms. The van der Waals surface area contributed by atoms with Gasteiger partial charge in [-0.05, 0) is 54.0 Å². The fourth-order valence-electron chi connectivity index (χ4n) is 3.24. The zero-order valence-electron chi connectivity index (χ0n) is 18.1. The third-order valence-electron chi connectivity index (χ3n) is 5.05. The summed E-state index contributed by atoms with van der Waals surface area (Å²) >= 11 is 0. The average molecular weight is 453 g/mol. The number of nitriles is 1. The SMILES string of the molecule is CCS(=O)(=O)c1ccc(NC(=O)CCCc2ccc(B(O)N=O)cc2)cc1CB(C)C#N. The molecule has 166 valence electrons. The number of nitroso groups, excluding NO2 is 1. The largest absolute Gasteiger partial charge is 0.517 e. The first-order valence-corrected chi connectivity index (χ1v) is 12.0. The van der Waals surface area contributed by atoms with Gasteiger partial charge in [-0.15, -0.1) is 0 Å². The smallest absolute Gasteiger partial charge is 0.425 e. The Kier molecular flexibility index (Phi) is 9.17. The van der Waals surface area contributed by atoms with Gasteiger partial charge in [-0.3, -0.25) is 4.79 Å². The molecule has 2 aromatic rings. The number of benzene rings is 2. The second-order valence-corrected chi connectivity index (χ2v) is 9.83. The molecule has 2 aromatic carbocycles. The van der Waals surface area contributed by atoms with E-state index in [2.05, 4.69) is 16.4 Å². The van der Waals surface area contributed by atoms with Crippen LogP contribution in [0.25, 0.3) is 0 Å². The Morgan fingerprint density at radius 3 is 2.50 bits per heavy atom. The van der Waals surface area contributed by atoms with Crippen molar-refractivity contribution in [1.82, 2.24) is 0 Å². The van der Waals surface area contributed by atoms with Crippen LogP contribution in [-0.4, -0.2) is 38.9 Å². The Morgan fingerprint density at radius 1 is 1.22 bits per heavy atom. The van der Waals surface area contributed by atoms with Crippen molar-refractivity contribution in [3.05, 3.63) is 58.5 Å². The summed E-state index contributed by atoms with van der Waals surface area (Å²) in [5.74, 6) is 1.87. The molecular weight excluding hydrogens is 428 g/mol. The Hall–Kier alpha value is -2.96. The Labute approximate surface area is 189 Å². The third-order valence-corrected chi connectivity index (χ3v) is 6.88. The van der Waals surface area contributed by atoms with Crippen LogP contribution in [0.5, 0.6) is 0 Å². The van der Waals surface area contributed by atoms with E-state index in [1.54, 1.807) is 50.1 Å². The highest BCUT2D eigenvalue weighted by molar-refractivity contribution is 7.91. The molecule has 0 heterocycles. The van der Waals surface area contributed by atoms with Crippen molar-refractivity contribution in [2.45, 2.75) is 44.2 Å². The van der Waals surface area contributed by atoms with E-state index in [9.17, 15) is 23.1 Å². The molecular formula is C21H25B2N3O5S. The fourth-order valence-corrected chi connectivity index (χ4v) is 4.37. The monoisotopic (exact) mass is 453 g/mol. The van der Waals surface area contributed by atoms with Gasteiger partial charge in [-0.1, -0.05) is 43.1 Å². The zero-order valence-corrected chi connectivity index (χ0v) is 18.9. The van der Waals surface area contributed by atoms with Crippen molar-refractivity contribution >= 4 is 40.7 Å². The van der Waals surface area contributed by atoms with Crippen LogP contribution < -0.4 is 10.8 Å². The molecule has 0 saturated heterocycles. The lowest BCUT2D eigenvalue weighted by Gasteiger charge is -2.13. The molecule has 0 fully saturated rings. The number of sulfone groups is 1. The molecule has 0 spiro atoms. The number of amides is 1. The van der Waals surface area contributed by atoms with Gasteiger partial charge in [0.05, 0.1) is 10.6 Å². The second-order valence-electron chi connectivity index (χ2n) is 7.58. The molecule has 2 rings (SSSR count). The zero-order chi connectivity index (χ0) is 23.7. The lowest BCUT2D eigenvalue weighted by Crippen LogP contribution is -2.27. The summed E-state index contributed by atoms with van der Waals surface area (Å²) in [4.78, 5) is 22.9. The first kappa shape index (κ1) is 25.3. The van der Waals surface area contributed by atoms with Crippen molar-refractivity contribution in [1.29, 1.82) is 5.26 Å². The number of rotatable bonds is 11. The predicted octanol–water partition coefficient (Wildman–Crippen LogP) is 2.16. The van der Waals surface area contributed by atoms with Gasteiger partial charge in [-0.25, -0.2) is 13.7 Å². The molecule has 1 amide bonds. The van der Waals surface area contributed by atoms with Crippen LogP contribution in [0, 0.1) is 16.1 Å². The number of nitrogens with zero attached hydrogens (tertiary/aromatic N) is 2. The average Bonchev–Trinajstić information content (AvgIpc) is 2.78. The maximum atomic E-state index is 12.4. The van der Waals surface area contributed by atoms with Gasteiger partial charge in [0.2, 0.25) is 5.91 Å². The van der Waals surface area contributed by atoms with Crippen molar-refractivity contribution < 1.29 is 18.2 Å². The molecule has 0 atom stereocenters. The molecule has 0 aromatic heterocycles. The molecule has 0 aliphatic heterocycles. The Balaban J connectivity index is 2.00. The normalized spacial score (nSPS) is 10.8. The van der Waals surface area contributed by atoms with Crippen LogP contribution in [-0.2, 0) is 27.4 Å². The maximum absolute atomic E-state index is 12.4. The van der Waals surface area contributed by atoms with E-state index in [0.717, 1.165) is 5.56 Å². The number of aryl methyl sites for hydroxylation is 1. The molecule has 0 aliphatic carbocycles. The first-order valence-electron chi connectivity index (χ1n) is 10.3. The number of carbonyl (C=O) groups excluding carboxylic acids is 1. The van der Waals surface area contributed by atoms with Crippen LogP contribution >= 0.6 is 0 Å². The maximum Gasteiger partial charge on any atom is 0.517 e. The number of nitrogens with one attached hydrogen (secondary N) is 1. The Morgan fingerprint density at radius 2 is 1.91 bits per heavy atom. The van der Waals surface area contributed by atoms with Gasteiger partial charge in [0.1, 0.15) is 0 Å². The lowest BCUT2D eigenvalue weighted by atomic mass is 9.50. The summed E-state index contributed by atoms with van der Waals surface area (Å²) < 4.78 is 24.7. The summed E-state index contributed by atoms with van der Waals surface area (Å²) in [5, 5.41) is 23.9. The quantitative estimate of drug-likeness (QED) is 0.395. The fraction of sp³-hybridized carbons (Fsp3) is 0.333. The summed E-state index contributed by atoms with van der Waals surface area (Å²) in [5.41, 5.74) is 2.38. The second kappa shape index (κ2) is 11.6. The van der Waals surface area contributed by atoms with Crippen LogP contribution in [0.4, 0.5) is 5.69 Å². The van der Waals surface area contributed by atoms with Crippen LogP contribution in [0.1, 0.15) is 30.9 Å². The standard InChI is InChI=1S/C21H25B2N3O5S/c1-3-32(30,31)20-12-11-19(13-17(20)14-22(2)15-24)25-21(27)6-4-5-16-7-9-18(10-8-16)23(28)26-29/h7-13,28H,3-6,14H2,1-2H3,(H,25,27). The van der Waals surface area contributed by atoms with Gasteiger partial charge < -0.3 is 10.3 Å². The Bertz CT molecular complexity index is 1100. The van der Waals surface area contributed by atoms with Gasteiger partial charge >= 0.3 is 7.05 Å². The summed E-state index contributed by atoms with van der Waals surface area (Å²) in [6.07, 6.45) is 1.76. The first-order chi connectivity index (χ1) is 15.2. The molecule has 32 heavy (non-hydrogen) atoms. The van der Waals surface area contributed by atoms with E-state index in [1.165, 1.54) is 6.07 Å². The highest BCUT2D eigenvalue weighted by Gasteiger charge is 2.20. The van der Waals surface area contributed by atoms with Crippen molar-refractivity contribution in [2.75, 3.05) is 11.1 Å². The molecule has 8 nitrogen and oxygen atoms in total. The van der Waals surface area contributed by atoms with Crippen molar-refractivity contribution in [2.24, 2.45) is 5.09 Å². The minimum absolute atomic E-state index is 0.0434. The van der Waals surface area contributed by atoms with E-state index in [-0.39, 0.29) is 36.0 Å². The molecule has 2 N–H and O–H groups in total. The molecule has 0 aliphatic rings. The van der Waals surface area contributed by atoms with Gasteiger partial charge in [0, 0.05) is 18.1 Å². The van der Waals surface area contributed by atoms with E-state index in [1.807, 2.05) is 0 Å². The number of hydrogen-bond acceptors (Lipinski definition) is 7. The number of anilines is 1. The number of carbonyl (C=O) groups is 1. The van der Waals surface area contributed by atoms with Gasteiger partial charge in [0.15, 0.2) is 9.84 Å².